The van der Waals surface area contributed by atoms with Crippen LogP contribution in [0.2, 0.25) is 0 Å². The summed E-state index contributed by atoms with van der Waals surface area (Å²) < 4.78 is 33.6. The molecule has 3 aromatic rings. The molecule has 0 bridgehead atoms. The average molecular weight is 429 g/mol. The molecule has 0 aliphatic heterocycles. The first-order chi connectivity index (χ1) is 14.1. The van der Waals surface area contributed by atoms with Crippen LogP contribution in [-0.4, -0.2) is 13.3 Å². The van der Waals surface area contributed by atoms with Crippen molar-refractivity contribution in [2.24, 2.45) is 0 Å². The Labute approximate surface area is 175 Å². The Hall–Kier alpha value is -3.33. The molecule has 0 unspecified atom stereocenters. The molecule has 0 fully saturated rings. The minimum Gasteiger partial charge on any atom is -0.464 e. The molecule has 0 aliphatic rings. The molecule has 0 spiro atoms. The average Bonchev–Trinajstić information content (AvgIpc) is 3.10. The van der Waals surface area contributed by atoms with Crippen LogP contribution in [0.3, 0.4) is 0 Å². The highest BCUT2D eigenvalue weighted by Crippen LogP contribution is 2.32. The fraction of sp³-hybridized carbons (Fsp3) is 0.238. The SMILES string of the molecule is Cc1ccc(NS(=O)(=O)c2ccc(N[C@H](C)c3ccc(C)o3)c([N+](=O)[O-])c2)c(C)c1. The van der Waals surface area contributed by atoms with Crippen LogP contribution >= 0.6 is 0 Å². The van der Waals surface area contributed by atoms with Gasteiger partial charge in [0, 0.05) is 6.07 Å². The first-order valence-electron chi connectivity index (χ1n) is 9.28. The van der Waals surface area contributed by atoms with Crippen LogP contribution < -0.4 is 10.0 Å². The Balaban J connectivity index is 1.91. The molecule has 0 amide bonds. The lowest BCUT2D eigenvalue weighted by Gasteiger charge is -2.15. The van der Waals surface area contributed by atoms with E-state index in [0.29, 0.717) is 11.4 Å². The lowest BCUT2D eigenvalue weighted by molar-refractivity contribution is -0.384. The smallest absolute Gasteiger partial charge is 0.293 e. The third-order valence-electron chi connectivity index (χ3n) is 4.66. The van der Waals surface area contributed by atoms with E-state index in [1.54, 1.807) is 45.0 Å². The van der Waals surface area contributed by atoms with Gasteiger partial charge >= 0.3 is 0 Å². The molecule has 8 nitrogen and oxygen atoms in total. The Morgan fingerprint density at radius 1 is 1.00 bits per heavy atom. The van der Waals surface area contributed by atoms with E-state index < -0.39 is 14.9 Å². The predicted molar refractivity (Wildman–Crippen MR) is 115 cm³/mol. The fourth-order valence-electron chi connectivity index (χ4n) is 3.07. The Morgan fingerprint density at radius 2 is 1.70 bits per heavy atom. The van der Waals surface area contributed by atoms with Gasteiger partial charge < -0.3 is 9.73 Å². The van der Waals surface area contributed by atoms with Crippen LogP contribution in [-0.2, 0) is 10.0 Å². The van der Waals surface area contributed by atoms with Crippen molar-refractivity contribution in [3.05, 3.63) is 81.3 Å². The van der Waals surface area contributed by atoms with Crippen LogP contribution in [0.5, 0.6) is 0 Å². The van der Waals surface area contributed by atoms with E-state index in [1.807, 2.05) is 13.0 Å². The predicted octanol–water partition coefficient (Wildman–Crippen LogP) is 5.09. The minimum atomic E-state index is -4.00. The number of aryl methyl sites for hydroxylation is 3. The Kier molecular flexibility index (Phi) is 5.84. The van der Waals surface area contributed by atoms with Gasteiger partial charge in [0.15, 0.2) is 0 Å². The van der Waals surface area contributed by atoms with Gasteiger partial charge in [-0.05, 0) is 63.6 Å². The van der Waals surface area contributed by atoms with Gasteiger partial charge in [0.25, 0.3) is 15.7 Å². The molecule has 1 atom stereocenters. The molecule has 2 aromatic carbocycles. The second-order valence-electron chi connectivity index (χ2n) is 7.17. The molecule has 1 aromatic heterocycles. The van der Waals surface area contributed by atoms with Gasteiger partial charge in [-0.25, -0.2) is 8.42 Å². The van der Waals surface area contributed by atoms with Crippen molar-refractivity contribution in [1.29, 1.82) is 0 Å². The standard InChI is InChI=1S/C21H23N3O5S/c1-13-5-8-18(14(2)11-13)23-30(27,28)17-7-9-19(20(12-17)24(25)26)22-16(4)21-10-6-15(3)29-21/h5-12,16,22-23H,1-4H3/t16-/m1/s1. The molecule has 0 aliphatic carbocycles. The van der Waals surface area contributed by atoms with Crippen molar-refractivity contribution in [3.8, 4) is 0 Å². The highest BCUT2D eigenvalue weighted by Gasteiger charge is 2.23. The maximum Gasteiger partial charge on any atom is 0.293 e. The summed E-state index contributed by atoms with van der Waals surface area (Å²) in [5.74, 6) is 1.35. The molecule has 0 saturated heterocycles. The van der Waals surface area contributed by atoms with Crippen molar-refractivity contribution < 1.29 is 17.8 Å². The summed E-state index contributed by atoms with van der Waals surface area (Å²) in [6.07, 6.45) is 0. The van der Waals surface area contributed by atoms with E-state index in [0.717, 1.165) is 23.0 Å². The molecule has 158 valence electrons. The van der Waals surface area contributed by atoms with E-state index in [4.69, 9.17) is 4.42 Å². The van der Waals surface area contributed by atoms with Gasteiger partial charge in [0.2, 0.25) is 0 Å². The van der Waals surface area contributed by atoms with Gasteiger partial charge in [-0.1, -0.05) is 17.7 Å². The van der Waals surface area contributed by atoms with Gasteiger partial charge in [0.05, 0.1) is 21.5 Å². The normalized spacial score (nSPS) is 12.4. The van der Waals surface area contributed by atoms with E-state index in [-0.39, 0.29) is 22.3 Å². The summed E-state index contributed by atoms with van der Waals surface area (Å²) in [5.41, 5.74) is 2.05. The second-order valence-corrected chi connectivity index (χ2v) is 8.86. The molecule has 1 heterocycles. The Morgan fingerprint density at radius 3 is 2.30 bits per heavy atom. The van der Waals surface area contributed by atoms with E-state index in [9.17, 15) is 18.5 Å². The number of benzene rings is 2. The zero-order valence-electron chi connectivity index (χ0n) is 17.1. The number of nitro benzene ring substituents is 1. The molecule has 30 heavy (non-hydrogen) atoms. The first kappa shape index (κ1) is 21.4. The van der Waals surface area contributed by atoms with Gasteiger partial charge in [0.1, 0.15) is 17.2 Å². The van der Waals surface area contributed by atoms with Gasteiger partial charge in [-0.3, -0.25) is 14.8 Å². The zero-order valence-corrected chi connectivity index (χ0v) is 17.9. The van der Waals surface area contributed by atoms with Crippen LogP contribution in [0.25, 0.3) is 0 Å². The highest BCUT2D eigenvalue weighted by molar-refractivity contribution is 7.92. The van der Waals surface area contributed by atoms with Crippen molar-refractivity contribution in [2.45, 2.75) is 38.6 Å². The number of sulfonamides is 1. The zero-order chi connectivity index (χ0) is 22.1. The minimum absolute atomic E-state index is 0.193. The molecule has 0 saturated carbocycles. The molecule has 9 heteroatoms. The number of nitrogens with zero attached hydrogens (tertiary/aromatic N) is 1. The first-order valence-corrected chi connectivity index (χ1v) is 10.8. The topological polar surface area (TPSA) is 114 Å². The van der Waals surface area contributed by atoms with E-state index in [1.165, 1.54) is 12.1 Å². The van der Waals surface area contributed by atoms with Crippen molar-refractivity contribution in [3.63, 3.8) is 0 Å². The lowest BCUT2D eigenvalue weighted by atomic mass is 10.1. The summed E-state index contributed by atoms with van der Waals surface area (Å²) in [6, 6.07) is 12.3. The third kappa shape index (κ3) is 4.62. The van der Waals surface area contributed by atoms with E-state index >= 15 is 0 Å². The largest absolute Gasteiger partial charge is 0.464 e. The quantitative estimate of drug-likeness (QED) is 0.399. The summed E-state index contributed by atoms with van der Waals surface area (Å²) in [5, 5.41) is 14.6. The summed E-state index contributed by atoms with van der Waals surface area (Å²) in [6.45, 7) is 7.30. The van der Waals surface area contributed by atoms with Crippen LogP contribution in [0.1, 0.15) is 35.6 Å². The molecular formula is C21H23N3O5S. The number of hydrogen-bond acceptors (Lipinski definition) is 6. The number of anilines is 2. The third-order valence-corrected chi connectivity index (χ3v) is 6.03. The van der Waals surface area contributed by atoms with Crippen molar-refractivity contribution in [1.82, 2.24) is 0 Å². The summed E-state index contributed by atoms with van der Waals surface area (Å²) in [4.78, 5) is 10.8. The molecular weight excluding hydrogens is 406 g/mol. The van der Waals surface area contributed by atoms with Crippen LogP contribution in [0, 0.1) is 30.9 Å². The Bertz CT molecular complexity index is 1200. The second kappa shape index (κ2) is 8.19. The van der Waals surface area contributed by atoms with Crippen molar-refractivity contribution >= 4 is 27.1 Å². The molecule has 2 N–H and O–H groups in total. The van der Waals surface area contributed by atoms with Gasteiger partial charge in [-0.15, -0.1) is 0 Å². The lowest BCUT2D eigenvalue weighted by Crippen LogP contribution is -2.15. The summed E-state index contributed by atoms with van der Waals surface area (Å²) in [7, 11) is -4.00. The molecule has 3 rings (SSSR count). The molecule has 0 radical (unpaired) electrons. The number of furan rings is 1. The number of hydrogen-bond donors (Lipinski definition) is 2. The summed E-state index contributed by atoms with van der Waals surface area (Å²) >= 11 is 0. The van der Waals surface area contributed by atoms with Crippen molar-refractivity contribution in [2.75, 3.05) is 10.0 Å². The fourth-order valence-corrected chi connectivity index (χ4v) is 4.22. The number of nitro groups is 1. The maximum absolute atomic E-state index is 12.8. The number of rotatable bonds is 7. The van der Waals surface area contributed by atoms with Crippen LogP contribution in [0.15, 0.2) is 57.8 Å². The monoisotopic (exact) mass is 429 g/mol. The number of nitrogens with one attached hydrogen (secondary N) is 2. The maximum atomic E-state index is 12.8. The highest BCUT2D eigenvalue weighted by atomic mass is 32.2. The van der Waals surface area contributed by atoms with Gasteiger partial charge in [-0.2, -0.15) is 0 Å². The van der Waals surface area contributed by atoms with Crippen LogP contribution in [0.4, 0.5) is 17.1 Å². The van der Waals surface area contributed by atoms with E-state index in [2.05, 4.69) is 10.0 Å².